The molecule has 5 aliphatic carbocycles. The lowest BCUT2D eigenvalue weighted by molar-refractivity contribution is -0.149. The molecule has 2 amide bonds. The summed E-state index contributed by atoms with van der Waals surface area (Å²) >= 11 is 0. The van der Waals surface area contributed by atoms with Gasteiger partial charge in [-0.25, -0.2) is 8.42 Å². The average Bonchev–Trinajstić information content (AvgIpc) is 2.77. The third-order valence-electron chi connectivity index (χ3n) is 8.95. The molecule has 9 heteroatoms. The summed E-state index contributed by atoms with van der Waals surface area (Å²) in [6.45, 7) is 0. The van der Waals surface area contributed by atoms with Gasteiger partial charge in [-0.1, -0.05) is 18.2 Å². The second-order valence-electron chi connectivity index (χ2n) is 11.0. The van der Waals surface area contributed by atoms with Crippen LogP contribution in [0.1, 0.15) is 51.4 Å². The minimum Gasteiger partial charge on any atom is -0.369 e. The van der Waals surface area contributed by atoms with Crippen molar-refractivity contribution in [3.63, 3.8) is 0 Å². The van der Waals surface area contributed by atoms with Crippen LogP contribution < -0.4 is 15.8 Å². The Balaban J connectivity index is 1.24. The van der Waals surface area contributed by atoms with E-state index in [-0.39, 0.29) is 34.6 Å². The van der Waals surface area contributed by atoms with Crippen molar-refractivity contribution in [1.82, 2.24) is 15.0 Å². The van der Waals surface area contributed by atoms with Crippen LogP contribution in [0.5, 0.6) is 0 Å². The quantitative estimate of drug-likeness (QED) is 0.581. The van der Waals surface area contributed by atoms with E-state index in [4.69, 9.17) is 5.73 Å². The largest absolute Gasteiger partial charge is 0.369 e. The van der Waals surface area contributed by atoms with Gasteiger partial charge in [-0.05, 0) is 81.3 Å². The number of hydrogen-bond acceptors (Lipinski definition) is 5. The molecule has 0 spiro atoms. The molecule has 4 N–H and O–H groups in total. The van der Waals surface area contributed by atoms with E-state index >= 15 is 0 Å². The summed E-state index contributed by atoms with van der Waals surface area (Å²) in [5.74, 6) is 0.482. The van der Waals surface area contributed by atoms with Crippen molar-refractivity contribution >= 4 is 32.7 Å². The monoisotopic (exact) mass is 482 g/mol. The number of benzene rings is 1. The number of nitrogens with two attached hydrogens (primary N) is 1. The highest BCUT2D eigenvalue weighted by Gasteiger charge is 2.59. The molecule has 34 heavy (non-hydrogen) atoms. The third kappa shape index (κ3) is 3.27. The highest BCUT2D eigenvalue weighted by molar-refractivity contribution is 7.89. The first kappa shape index (κ1) is 22.0. The van der Waals surface area contributed by atoms with Crippen LogP contribution in [-0.4, -0.2) is 36.8 Å². The van der Waals surface area contributed by atoms with E-state index in [1.807, 2.05) is 12.1 Å². The van der Waals surface area contributed by atoms with Crippen LogP contribution in [0.3, 0.4) is 0 Å². The number of primary amides is 1. The van der Waals surface area contributed by atoms with Crippen LogP contribution in [0.2, 0.25) is 0 Å². The van der Waals surface area contributed by atoms with Crippen molar-refractivity contribution < 1.29 is 18.0 Å². The fourth-order valence-corrected chi connectivity index (χ4v) is 8.97. The van der Waals surface area contributed by atoms with Gasteiger partial charge in [0, 0.05) is 23.0 Å². The van der Waals surface area contributed by atoms with E-state index in [0.717, 1.165) is 43.9 Å². The predicted octanol–water partition coefficient (Wildman–Crippen LogP) is 2.23. The summed E-state index contributed by atoms with van der Waals surface area (Å²) in [6, 6.07) is 8.59. The topological polar surface area (TPSA) is 131 Å². The Morgan fingerprint density at radius 2 is 1.74 bits per heavy atom. The van der Waals surface area contributed by atoms with Gasteiger partial charge in [0.15, 0.2) is 0 Å². The number of carbonyl (C=O) groups excluding carboxylic acids is 2. The van der Waals surface area contributed by atoms with E-state index in [2.05, 4.69) is 15.0 Å². The van der Waals surface area contributed by atoms with Gasteiger partial charge < -0.3 is 11.1 Å². The number of sulfonamides is 1. The predicted molar refractivity (Wildman–Crippen MR) is 126 cm³/mol. The third-order valence-corrected chi connectivity index (χ3v) is 10.5. The Hall–Kier alpha value is -2.52. The van der Waals surface area contributed by atoms with Gasteiger partial charge in [0.05, 0.1) is 5.52 Å². The zero-order chi connectivity index (χ0) is 23.7. The van der Waals surface area contributed by atoms with E-state index in [1.165, 1.54) is 6.07 Å². The Morgan fingerprint density at radius 3 is 2.38 bits per heavy atom. The zero-order valence-electron chi connectivity index (χ0n) is 19.0. The van der Waals surface area contributed by atoms with Gasteiger partial charge in [0.25, 0.3) is 0 Å². The fourth-order valence-electron chi connectivity index (χ4n) is 7.36. The molecular formula is C25H30N4O4S. The number of carbonyl (C=O) groups is 2. The molecule has 1 aromatic heterocycles. The van der Waals surface area contributed by atoms with Gasteiger partial charge in [-0.3, -0.25) is 14.6 Å². The molecule has 0 radical (unpaired) electrons. The standard InChI is InChI=1S/C25H30N4O4S/c26-22(30)24-12-15-10-17(13-24)20(18(11-15)14-24)28-23(31)25(7-3-8-25)29-34(32,33)19-6-1-4-16-5-2-9-27-21(16)19/h1-2,4-6,9,15,17-18,20,29H,3,7-8,10-14H2,(H2,26,30)(H,28,31). The minimum atomic E-state index is -3.97. The van der Waals surface area contributed by atoms with Crippen molar-refractivity contribution in [2.75, 3.05) is 0 Å². The first-order valence-corrected chi connectivity index (χ1v) is 13.7. The van der Waals surface area contributed by atoms with Crippen LogP contribution in [-0.2, 0) is 19.6 Å². The second kappa shape index (κ2) is 7.49. The van der Waals surface area contributed by atoms with Gasteiger partial charge in [0.2, 0.25) is 21.8 Å². The maximum Gasteiger partial charge on any atom is 0.243 e. The number of amides is 2. The maximum absolute atomic E-state index is 13.6. The molecule has 180 valence electrons. The lowest BCUT2D eigenvalue weighted by Gasteiger charge is -2.59. The highest BCUT2D eigenvalue weighted by Crippen LogP contribution is 2.60. The molecule has 5 saturated carbocycles. The summed E-state index contributed by atoms with van der Waals surface area (Å²) in [5, 5.41) is 3.97. The van der Waals surface area contributed by atoms with Gasteiger partial charge in [-0.15, -0.1) is 0 Å². The molecule has 0 saturated heterocycles. The molecule has 5 fully saturated rings. The minimum absolute atomic E-state index is 0.0299. The second-order valence-corrected chi connectivity index (χ2v) is 12.6. The molecule has 2 unspecified atom stereocenters. The van der Waals surface area contributed by atoms with Gasteiger partial charge >= 0.3 is 0 Å². The molecule has 4 bridgehead atoms. The first-order valence-electron chi connectivity index (χ1n) is 12.2. The number of nitrogens with one attached hydrogen (secondary N) is 2. The lowest BCUT2D eigenvalue weighted by atomic mass is 9.47. The number of para-hydroxylation sites is 1. The van der Waals surface area contributed by atoms with Crippen LogP contribution in [0.15, 0.2) is 41.4 Å². The summed E-state index contributed by atoms with van der Waals surface area (Å²) < 4.78 is 29.6. The molecule has 7 rings (SSSR count). The molecule has 2 atom stereocenters. The average molecular weight is 483 g/mol. The molecule has 1 heterocycles. The molecule has 0 aliphatic heterocycles. The van der Waals surface area contributed by atoms with Crippen LogP contribution in [0, 0.1) is 23.2 Å². The van der Waals surface area contributed by atoms with Gasteiger partial charge in [0.1, 0.15) is 10.4 Å². The van der Waals surface area contributed by atoms with Crippen molar-refractivity contribution in [2.24, 2.45) is 28.9 Å². The lowest BCUT2D eigenvalue weighted by Crippen LogP contribution is -2.68. The molecular weight excluding hydrogens is 452 g/mol. The number of fused-ring (bicyclic) bond motifs is 1. The Morgan fingerprint density at radius 1 is 1.03 bits per heavy atom. The Bertz CT molecular complexity index is 1270. The summed E-state index contributed by atoms with van der Waals surface area (Å²) in [6.07, 6.45) is 7.60. The molecule has 2 aromatic rings. The van der Waals surface area contributed by atoms with Crippen LogP contribution >= 0.6 is 0 Å². The van der Waals surface area contributed by atoms with Gasteiger partial charge in [-0.2, -0.15) is 4.72 Å². The Kier molecular flexibility index (Phi) is 4.84. The smallest absolute Gasteiger partial charge is 0.243 e. The van der Waals surface area contributed by atoms with E-state index in [1.54, 1.807) is 18.3 Å². The molecule has 8 nitrogen and oxygen atoms in total. The summed E-state index contributed by atoms with van der Waals surface area (Å²) in [7, 11) is -3.97. The summed E-state index contributed by atoms with van der Waals surface area (Å²) in [4.78, 5) is 30.2. The first-order chi connectivity index (χ1) is 16.2. The SMILES string of the molecule is NC(=O)C12CC3CC(C1)C(NC(=O)C1(NS(=O)(=O)c4cccc5cccnc45)CCC1)C(C3)C2. The zero-order valence-corrected chi connectivity index (χ0v) is 19.8. The maximum atomic E-state index is 13.6. The number of rotatable bonds is 6. The number of hydrogen-bond donors (Lipinski definition) is 3. The Labute approximate surface area is 199 Å². The van der Waals surface area contributed by atoms with E-state index < -0.39 is 21.0 Å². The number of nitrogens with zero attached hydrogens (tertiary/aromatic N) is 1. The van der Waals surface area contributed by atoms with Crippen molar-refractivity contribution in [1.29, 1.82) is 0 Å². The summed E-state index contributed by atoms with van der Waals surface area (Å²) in [5.41, 5.74) is 4.62. The van der Waals surface area contributed by atoms with Crippen molar-refractivity contribution in [3.05, 3.63) is 36.5 Å². The molecule has 1 aromatic carbocycles. The van der Waals surface area contributed by atoms with E-state index in [0.29, 0.717) is 24.3 Å². The molecule has 5 aliphatic rings. The fraction of sp³-hybridized carbons (Fsp3) is 0.560. The van der Waals surface area contributed by atoms with Crippen LogP contribution in [0.4, 0.5) is 0 Å². The normalized spacial score (nSPS) is 33.4. The highest BCUT2D eigenvalue weighted by atomic mass is 32.2. The van der Waals surface area contributed by atoms with E-state index in [9.17, 15) is 18.0 Å². The van der Waals surface area contributed by atoms with Crippen molar-refractivity contribution in [2.45, 2.75) is 67.8 Å². The number of aromatic nitrogens is 1. The number of pyridine rings is 1. The van der Waals surface area contributed by atoms with Crippen molar-refractivity contribution in [3.8, 4) is 0 Å². The van der Waals surface area contributed by atoms with Crippen LogP contribution in [0.25, 0.3) is 10.9 Å².